The summed E-state index contributed by atoms with van der Waals surface area (Å²) in [5.41, 5.74) is 0. The van der Waals surface area contributed by atoms with Crippen LogP contribution in [-0.4, -0.2) is 65.2 Å². The maximum absolute atomic E-state index is 12.3. The van der Waals surface area contributed by atoms with Crippen LogP contribution in [0.25, 0.3) is 0 Å². The fraction of sp³-hybridized carbons (Fsp3) is 0.737. The van der Waals surface area contributed by atoms with Crippen LogP contribution in [0.4, 0.5) is 0 Å². The topological polar surface area (TPSA) is 66.2 Å². The summed E-state index contributed by atoms with van der Waals surface area (Å²) in [6.07, 6.45) is 6.23. The van der Waals surface area contributed by atoms with E-state index in [1.165, 1.54) is 12.8 Å². The number of carbonyl (C=O) groups is 1. The number of ether oxygens (including phenoxy) is 1. The average Bonchev–Trinajstić information content (AvgIpc) is 3.30. The fourth-order valence-corrected chi connectivity index (χ4v) is 4.40. The van der Waals surface area contributed by atoms with Gasteiger partial charge in [0.2, 0.25) is 5.91 Å². The highest BCUT2D eigenvalue weighted by molar-refractivity contribution is 5.78. The summed E-state index contributed by atoms with van der Waals surface area (Å²) in [7, 11) is 0. The molecule has 6 heteroatoms. The minimum Gasteiger partial charge on any atom is -0.467 e. The van der Waals surface area contributed by atoms with E-state index in [1.807, 2.05) is 12.1 Å². The van der Waals surface area contributed by atoms with Gasteiger partial charge in [0.15, 0.2) is 0 Å². The van der Waals surface area contributed by atoms with Crippen LogP contribution in [-0.2, 0) is 16.1 Å². The maximum atomic E-state index is 12.3. The van der Waals surface area contributed by atoms with E-state index >= 15 is 0 Å². The molecule has 0 radical (unpaired) electrons. The van der Waals surface area contributed by atoms with Crippen LogP contribution in [0.3, 0.4) is 0 Å². The van der Waals surface area contributed by atoms with E-state index in [9.17, 15) is 9.90 Å². The van der Waals surface area contributed by atoms with Gasteiger partial charge in [0.25, 0.3) is 0 Å². The number of likely N-dealkylation sites (tertiary alicyclic amines) is 2. The molecule has 2 aliphatic heterocycles. The molecule has 138 valence electrons. The van der Waals surface area contributed by atoms with Crippen molar-refractivity contribution in [2.24, 2.45) is 5.92 Å². The van der Waals surface area contributed by atoms with Crippen LogP contribution in [0, 0.1) is 5.92 Å². The van der Waals surface area contributed by atoms with Crippen LogP contribution >= 0.6 is 0 Å². The van der Waals surface area contributed by atoms with E-state index in [-0.39, 0.29) is 0 Å². The van der Waals surface area contributed by atoms with Gasteiger partial charge in [0.1, 0.15) is 12.4 Å². The lowest BCUT2D eigenvalue weighted by molar-refractivity contribution is -0.142. The molecule has 3 heterocycles. The molecular weight excluding hydrogens is 320 g/mol. The third-order valence-corrected chi connectivity index (χ3v) is 5.70. The van der Waals surface area contributed by atoms with Crippen molar-refractivity contribution in [1.29, 1.82) is 0 Å². The number of amides is 1. The summed E-state index contributed by atoms with van der Waals surface area (Å²) >= 11 is 0. The highest BCUT2D eigenvalue weighted by Gasteiger charge is 2.45. The number of rotatable bonds is 7. The molecule has 0 aromatic carbocycles. The quantitative estimate of drug-likeness (QED) is 0.811. The zero-order valence-corrected chi connectivity index (χ0v) is 14.7. The number of aliphatic hydroxyl groups excluding tert-OH is 1. The molecule has 1 saturated carbocycles. The molecule has 1 aliphatic carbocycles. The molecular formula is C19H28N2O4. The van der Waals surface area contributed by atoms with E-state index in [0.717, 1.165) is 31.7 Å². The summed E-state index contributed by atoms with van der Waals surface area (Å²) in [5.74, 6) is 1.70. The predicted molar refractivity (Wildman–Crippen MR) is 91.8 cm³/mol. The van der Waals surface area contributed by atoms with Gasteiger partial charge in [0.05, 0.1) is 19.0 Å². The summed E-state index contributed by atoms with van der Waals surface area (Å²) < 4.78 is 10.8. The van der Waals surface area contributed by atoms with E-state index in [4.69, 9.17) is 9.15 Å². The number of furan rings is 1. The molecule has 3 atom stereocenters. The summed E-state index contributed by atoms with van der Waals surface area (Å²) in [6.45, 7) is 3.28. The summed E-state index contributed by atoms with van der Waals surface area (Å²) in [4.78, 5) is 16.8. The second-order valence-corrected chi connectivity index (χ2v) is 7.69. The highest BCUT2D eigenvalue weighted by atomic mass is 16.5. The number of piperidine rings is 2. The van der Waals surface area contributed by atoms with Crippen LogP contribution < -0.4 is 0 Å². The van der Waals surface area contributed by atoms with Crippen molar-refractivity contribution < 1.29 is 19.1 Å². The number of aliphatic hydroxyl groups is 1. The molecule has 1 amide bonds. The van der Waals surface area contributed by atoms with Gasteiger partial charge in [-0.05, 0) is 43.7 Å². The lowest BCUT2D eigenvalue weighted by Gasteiger charge is -2.47. The lowest BCUT2D eigenvalue weighted by Crippen LogP contribution is -2.57. The molecule has 3 aliphatic rings. The van der Waals surface area contributed by atoms with Crippen molar-refractivity contribution in [2.75, 3.05) is 26.2 Å². The van der Waals surface area contributed by atoms with E-state index < -0.39 is 6.10 Å². The van der Waals surface area contributed by atoms with Gasteiger partial charge in [-0.1, -0.05) is 0 Å². The number of hydrogen-bond donors (Lipinski definition) is 1. The van der Waals surface area contributed by atoms with Crippen LogP contribution in [0.15, 0.2) is 22.8 Å². The summed E-state index contributed by atoms with van der Waals surface area (Å²) in [6, 6.07) is 4.65. The maximum Gasteiger partial charge on any atom is 0.223 e. The first-order chi connectivity index (χ1) is 12.2. The van der Waals surface area contributed by atoms with E-state index in [0.29, 0.717) is 50.1 Å². The number of fused-ring (bicyclic) bond motifs is 1. The molecule has 2 saturated heterocycles. The minimum atomic E-state index is -0.490. The van der Waals surface area contributed by atoms with Gasteiger partial charge in [-0.25, -0.2) is 0 Å². The molecule has 1 aromatic rings. The van der Waals surface area contributed by atoms with E-state index in [2.05, 4.69) is 9.80 Å². The SMILES string of the molecule is O=C1CCC2CN(CC(O)COCc3ccco3)CCC2N1C1CC1. The Morgan fingerprint density at radius 2 is 2.20 bits per heavy atom. The fourth-order valence-electron chi connectivity index (χ4n) is 4.40. The largest absolute Gasteiger partial charge is 0.467 e. The van der Waals surface area contributed by atoms with Crippen LogP contribution in [0.1, 0.15) is 37.9 Å². The number of carbonyl (C=O) groups excluding carboxylic acids is 1. The molecule has 6 nitrogen and oxygen atoms in total. The normalized spacial score (nSPS) is 28.8. The number of hydrogen-bond acceptors (Lipinski definition) is 5. The van der Waals surface area contributed by atoms with Gasteiger partial charge in [0, 0.05) is 38.1 Å². The Labute approximate surface area is 148 Å². The smallest absolute Gasteiger partial charge is 0.223 e. The van der Waals surface area contributed by atoms with Crippen molar-refractivity contribution in [3.8, 4) is 0 Å². The molecule has 25 heavy (non-hydrogen) atoms. The van der Waals surface area contributed by atoms with Gasteiger partial charge < -0.3 is 24.1 Å². The number of nitrogens with zero attached hydrogens (tertiary/aromatic N) is 2. The van der Waals surface area contributed by atoms with E-state index in [1.54, 1.807) is 6.26 Å². The number of β-amino-alcohol motifs (C(OH)–C–C–N with tert-alkyl or cyclic N) is 1. The molecule has 0 spiro atoms. The van der Waals surface area contributed by atoms with Crippen LogP contribution in [0.5, 0.6) is 0 Å². The Bertz CT molecular complexity index is 572. The van der Waals surface area contributed by atoms with Crippen molar-refractivity contribution >= 4 is 5.91 Å². The zero-order chi connectivity index (χ0) is 17.2. The first-order valence-electron chi connectivity index (χ1n) is 9.52. The predicted octanol–water partition coefficient (Wildman–Crippen LogP) is 1.63. The van der Waals surface area contributed by atoms with Gasteiger partial charge in [-0.3, -0.25) is 4.79 Å². The molecule has 4 rings (SSSR count). The molecule has 3 unspecified atom stereocenters. The summed E-state index contributed by atoms with van der Waals surface area (Å²) in [5, 5.41) is 10.3. The van der Waals surface area contributed by atoms with Gasteiger partial charge >= 0.3 is 0 Å². The van der Waals surface area contributed by atoms with Gasteiger partial charge in [-0.2, -0.15) is 0 Å². The Balaban J connectivity index is 1.22. The minimum absolute atomic E-state index is 0.317. The molecule has 3 fully saturated rings. The second kappa shape index (κ2) is 7.48. The standard InChI is InChI=1S/C19H28N2O4/c22-16(12-24-13-17-2-1-9-25-17)11-20-8-7-18-14(10-20)3-6-19(23)21(18)15-4-5-15/h1-2,9,14-16,18,22H,3-8,10-13H2. The van der Waals surface area contributed by atoms with Crippen molar-refractivity contribution in [1.82, 2.24) is 9.80 Å². The second-order valence-electron chi connectivity index (χ2n) is 7.69. The lowest BCUT2D eigenvalue weighted by atomic mass is 9.83. The Kier molecular flexibility index (Phi) is 5.10. The van der Waals surface area contributed by atoms with Crippen LogP contribution in [0.2, 0.25) is 0 Å². The van der Waals surface area contributed by atoms with Crippen molar-refractivity contribution in [3.63, 3.8) is 0 Å². The molecule has 1 N–H and O–H groups in total. The monoisotopic (exact) mass is 348 g/mol. The Morgan fingerprint density at radius 3 is 2.96 bits per heavy atom. The highest BCUT2D eigenvalue weighted by Crippen LogP contribution is 2.38. The first kappa shape index (κ1) is 17.1. The zero-order valence-electron chi connectivity index (χ0n) is 14.7. The third-order valence-electron chi connectivity index (χ3n) is 5.70. The van der Waals surface area contributed by atoms with Crippen molar-refractivity contribution in [2.45, 2.75) is 56.9 Å². The molecule has 1 aromatic heterocycles. The van der Waals surface area contributed by atoms with Crippen molar-refractivity contribution in [3.05, 3.63) is 24.2 Å². The van der Waals surface area contributed by atoms with Gasteiger partial charge in [-0.15, -0.1) is 0 Å². The third kappa shape index (κ3) is 4.07. The Morgan fingerprint density at radius 1 is 1.32 bits per heavy atom. The average molecular weight is 348 g/mol. The Hall–Kier alpha value is -1.37. The molecule has 0 bridgehead atoms. The first-order valence-corrected chi connectivity index (χ1v) is 9.52.